The van der Waals surface area contributed by atoms with Crippen LogP contribution in [0.5, 0.6) is 0 Å². The lowest BCUT2D eigenvalue weighted by molar-refractivity contribution is 0.596. The first-order valence-electron chi connectivity index (χ1n) is 4.33. The summed E-state index contributed by atoms with van der Waals surface area (Å²) in [6, 6.07) is 2.11. The SMILES string of the molecule is NS(=O)(=O)c1cc2c(cc1Cl)N=CCS2(=O)=O. The molecule has 17 heavy (non-hydrogen) atoms. The number of primary sulfonamides is 1. The number of hydrogen-bond donors (Lipinski definition) is 1. The van der Waals surface area contributed by atoms with Crippen LogP contribution in [0.4, 0.5) is 5.69 Å². The van der Waals surface area contributed by atoms with Crippen LogP contribution < -0.4 is 5.14 Å². The van der Waals surface area contributed by atoms with Gasteiger partial charge in [0.1, 0.15) is 4.90 Å². The molecule has 0 saturated heterocycles. The molecule has 0 spiro atoms. The van der Waals surface area contributed by atoms with Crippen molar-refractivity contribution in [2.45, 2.75) is 9.79 Å². The summed E-state index contributed by atoms with van der Waals surface area (Å²) < 4.78 is 45.8. The van der Waals surface area contributed by atoms with Crippen LogP contribution in [0.1, 0.15) is 0 Å². The van der Waals surface area contributed by atoms with Gasteiger partial charge in [0.05, 0.1) is 21.4 Å². The molecule has 9 heteroatoms. The minimum atomic E-state index is -4.07. The molecule has 0 aliphatic carbocycles. The second-order valence-electron chi connectivity index (χ2n) is 3.39. The topological polar surface area (TPSA) is 107 Å². The predicted octanol–water partition coefficient (Wildman–Crippen LogP) is 0.477. The number of rotatable bonds is 1. The van der Waals surface area contributed by atoms with E-state index in [0.29, 0.717) is 0 Å². The van der Waals surface area contributed by atoms with Gasteiger partial charge in [-0.15, -0.1) is 0 Å². The Morgan fingerprint density at radius 2 is 2.00 bits per heavy atom. The summed E-state index contributed by atoms with van der Waals surface area (Å²) >= 11 is 5.71. The third-order valence-corrected chi connectivity index (χ3v) is 5.14. The number of sulfone groups is 1. The van der Waals surface area contributed by atoms with Gasteiger partial charge in [-0.1, -0.05) is 11.6 Å². The molecule has 92 valence electrons. The van der Waals surface area contributed by atoms with E-state index < -0.39 is 24.8 Å². The Hall–Kier alpha value is -0.960. The van der Waals surface area contributed by atoms with Crippen molar-refractivity contribution in [1.29, 1.82) is 0 Å². The van der Waals surface area contributed by atoms with Crippen LogP contribution in [0, 0.1) is 0 Å². The molecule has 1 aliphatic rings. The summed E-state index contributed by atoms with van der Waals surface area (Å²) in [6.07, 6.45) is 1.23. The third kappa shape index (κ3) is 2.21. The summed E-state index contributed by atoms with van der Waals surface area (Å²) in [4.78, 5) is 3.26. The Balaban J connectivity index is 2.85. The van der Waals surface area contributed by atoms with E-state index in [1.54, 1.807) is 0 Å². The van der Waals surface area contributed by atoms with Gasteiger partial charge in [0, 0.05) is 6.21 Å². The number of fused-ring (bicyclic) bond motifs is 1. The first-order valence-corrected chi connectivity index (χ1v) is 7.91. The predicted molar refractivity (Wildman–Crippen MR) is 63.0 cm³/mol. The third-order valence-electron chi connectivity index (χ3n) is 2.18. The fourth-order valence-electron chi connectivity index (χ4n) is 1.42. The van der Waals surface area contributed by atoms with E-state index in [1.165, 1.54) is 12.3 Å². The molecule has 0 saturated carbocycles. The summed E-state index contributed by atoms with van der Waals surface area (Å²) in [5.41, 5.74) is 0.119. The van der Waals surface area contributed by atoms with Gasteiger partial charge in [-0.05, 0) is 12.1 Å². The van der Waals surface area contributed by atoms with Crippen LogP contribution in [0.2, 0.25) is 5.02 Å². The molecule has 0 atom stereocenters. The van der Waals surface area contributed by atoms with E-state index >= 15 is 0 Å². The lowest BCUT2D eigenvalue weighted by Gasteiger charge is -2.12. The maximum atomic E-state index is 11.7. The highest BCUT2D eigenvalue weighted by Crippen LogP contribution is 2.34. The number of nitrogens with two attached hydrogens (primary N) is 1. The van der Waals surface area contributed by atoms with E-state index in [0.717, 1.165) is 6.07 Å². The van der Waals surface area contributed by atoms with Gasteiger partial charge in [0.15, 0.2) is 9.84 Å². The van der Waals surface area contributed by atoms with Gasteiger partial charge in [0.25, 0.3) is 0 Å². The Morgan fingerprint density at radius 3 is 2.59 bits per heavy atom. The normalized spacial score (nSPS) is 17.8. The lowest BCUT2D eigenvalue weighted by atomic mass is 10.3. The molecule has 2 N–H and O–H groups in total. The highest BCUT2D eigenvalue weighted by atomic mass is 35.5. The molecule has 2 rings (SSSR count). The summed E-state index contributed by atoms with van der Waals surface area (Å²) in [7, 11) is -7.63. The van der Waals surface area contributed by atoms with E-state index in [4.69, 9.17) is 16.7 Å². The van der Waals surface area contributed by atoms with Crippen molar-refractivity contribution >= 4 is 43.4 Å². The second-order valence-corrected chi connectivity index (χ2v) is 7.33. The number of halogens is 1. The molecule has 0 unspecified atom stereocenters. The van der Waals surface area contributed by atoms with Crippen molar-refractivity contribution < 1.29 is 16.8 Å². The highest BCUT2D eigenvalue weighted by molar-refractivity contribution is 7.92. The molecular weight excluding hydrogens is 288 g/mol. The minimum Gasteiger partial charge on any atom is -0.259 e. The van der Waals surface area contributed by atoms with E-state index in [2.05, 4.69) is 4.99 Å². The standard InChI is InChI=1S/C8H7ClN2O4S2/c9-5-3-6-8(4-7(5)17(10,14)15)16(12,13)2-1-11-6/h1,3-4H,2H2,(H2,10,14,15). The van der Waals surface area contributed by atoms with Crippen molar-refractivity contribution in [3.05, 3.63) is 17.2 Å². The number of benzene rings is 1. The van der Waals surface area contributed by atoms with Gasteiger partial charge in [0.2, 0.25) is 10.0 Å². The fourth-order valence-corrected chi connectivity index (χ4v) is 3.76. The molecule has 1 aliphatic heterocycles. The summed E-state index contributed by atoms with van der Waals surface area (Å²) in [5.74, 6) is -0.272. The zero-order chi connectivity index (χ0) is 12.8. The van der Waals surface area contributed by atoms with E-state index in [9.17, 15) is 16.8 Å². The van der Waals surface area contributed by atoms with Gasteiger partial charge < -0.3 is 0 Å². The van der Waals surface area contributed by atoms with Gasteiger partial charge in [-0.25, -0.2) is 22.0 Å². The van der Waals surface area contributed by atoms with Crippen molar-refractivity contribution in [1.82, 2.24) is 0 Å². The smallest absolute Gasteiger partial charge is 0.239 e. The van der Waals surface area contributed by atoms with Crippen LogP contribution in [0.15, 0.2) is 26.9 Å². The molecule has 0 fully saturated rings. The maximum absolute atomic E-state index is 11.7. The zero-order valence-electron chi connectivity index (χ0n) is 8.29. The fraction of sp³-hybridized carbons (Fsp3) is 0.125. The molecule has 0 aromatic heterocycles. The van der Waals surface area contributed by atoms with Crippen molar-refractivity contribution in [2.24, 2.45) is 10.1 Å². The van der Waals surface area contributed by atoms with Crippen molar-refractivity contribution in [3.63, 3.8) is 0 Å². The number of sulfonamides is 1. The highest BCUT2D eigenvalue weighted by Gasteiger charge is 2.25. The van der Waals surface area contributed by atoms with Crippen LogP contribution in [0.3, 0.4) is 0 Å². The number of hydrogen-bond acceptors (Lipinski definition) is 5. The second kappa shape index (κ2) is 3.77. The molecule has 1 aromatic rings. The molecule has 1 heterocycles. The monoisotopic (exact) mass is 294 g/mol. The average Bonchev–Trinajstić information content (AvgIpc) is 2.13. The average molecular weight is 295 g/mol. The minimum absolute atomic E-state index is 0.119. The molecule has 6 nitrogen and oxygen atoms in total. The largest absolute Gasteiger partial charge is 0.259 e. The van der Waals surface area contributed by atoms with Crippen LogP contribution >= 0.6 is 11.6 Å². The molecular formula is C8H7ClN2O4S2. The Bertz CT molecular complexity index is 722. The summed E-state index contributed by atoms with van der Waals surface area (Å²) in [6.45, 7) is 0. The first kappa shape index (κ1) is 12.5. The maximum Gasteiger partial charge on any atom is 0.239 e. The van der Waals surface area contributed by atoms with E-state index in [-0.39, 0.29) is 21.4 Å². The Labute approximate surface area is 103 Å². The Morgan fingerprint density at radius 1 is 1.35 bits per heavy atom. The van der Waals surface area contributed by atoms with Gasteiger partial charge >= 0.3 is 0 Å². The number of nitrogens with zero attached hydrogens (tertiary/aromatic N) is 1. The lowest BCUT2D eigenvalue weighted by Crippen LogP contribution is -2.16. The zero-order valence-corrected chi connectivity index (χ0v) is 10.7. The summed E-state index contributed by atoms with van der Waals surface area (Å²) in [5, 5.41) is 4.78. The van der Waals surface area contributed by atoms with Crippen molar-refractivity contribution in [3.8, 4) is 0 Å². The van der Waals surface area contributed by atoms with E-state index in [1.807, 2.05) is 0 Å². The van der Waals surface area contributed by atoms with Crippen LogP contribution in [-0.2, 0) is 19.9 Å². The van der Waals surface area contributed by atoms with Crippen molar-refractivity contribution in [2.75, 3.05) is 5.75 Å². The molecule has 0 radical (unpaired) electrons. The van der Waals surface area contributed by atoms with Crippen LogP contribution in [0.25, 0.3) is 0 Å². The Kier molecular flexibility index (Phi) is 2.77. The molecule has 0 amide bonds. The first-order chi connectivity index (χ1) is 7.72. The van der Waals surface area contributed by atoms with Gasteiger partial charge in [-0.3, -0.25) is 4.99 Å². The molecule has 1 aromatic carbocycles. The molecule has 0 bridgehead atoms. The van der Waals surface area contributed by atoms with Gasteiger partial charge in [-0.2, -0.15) is 0 Å². The quantitative estimate of drug-likeness (QED) is 0.812. The van der Waals surface area contributed by atoms with Crippen LogP contribution in [-0.4, -0.2) is 28.8 Å². The number of aliphatic imine (C=N–C) groups is 1.